The molecule has 4 heteroatoms. The summed E-state index contributed by atoms with van der Waals surface area (Å²) in [6, 6.07) is 7.55. The van der Waals surface area contributed by atoms with Crippen molar-refractivity contribution >= 4 is 16.6 Å². The van der Waals surface area contributed by atoms with Crippen LogP contribution in [0.3, 0.4) is 0 Å². The largest absolute Gasteiger partial charge is 0.349 e. The van der Waals surface area contributed by atoms with Crippen LogP contribution in [0.5, 0.6) is 0 Å². The summed E-state index contributed by atoms with van der Waals surface area (Å²) in [5.74, 6) is -0.423. The molecule has 1 aromatic rings. The summed E-state index contributed by atoms with van der Waals surface area (Å²) in [6.07, 6.45) is 3.48. The molecule has 106 valence electrons. The summed E-state index contributed by atoms with van der Waals surface area (Å²) < 4.78 is 18.9. The average Bonchev–Trinajstić information content (AvgIpc) is 2.87. The predicted molar refractivity (Wildman–Crippen MR) is 77.7 cm³/mol. The Kier molecular flexibility index (Phi) is 3.18. The average molecular weight is 290 g/mol. The lowest BCUT2D eigenvalue weighted by Gasteiger charge is -2.39. The van der Waals surface area contributed by atoms with Gasteiger partial charge in [-0.2, -0.15) is 0 Å². The molecule has 1 aromatic carbocycles. The molecule has 1 fully saturated rings. The predicted octanol–water partition coefficient (Wildman–Crippen LogP) is 2.61. The zero-order valence-electron chi connectivity index (χ0n) is 11.8. The molecule has 0 unspecified atom stereocenters. The highest BCUT2D eigenvalue weighted by molar-refractivity contribution is 7.86. The van der Waals surface area contributed by atoms with Gasteiger partial charge in [-0.05, 0) is 25.1 Å². The lowest BCUT2D eigenvalue weighted by molar-refractivity contribution is -0.146. The Balaban J connectivity index is 2.00. The molecule has 2 aliphatic rings. The number of Topliss-reactive ketones (excluding diaryl/α,β-unsaturated/α-hetero) is 1. The monoisotopic (exact) mass is 290 g/mol. The maximum atomic E-state index is 12.9. The molecule has 0 saturated carbocycles. The maximum absolute atomic E-state index is 12.9. The number of ether oxygens (including phenoxy) is 1. The van der Waals surface area contributed by atoms with Gasteiger partial charge in [-0.25, -0.2) is 0 Å². The molecule has 3 nitrogen and oxygen atoms in total. The van der Waals surface area contributed by atoms with Gasteiger partial charge in [-0.15, -0.1) is 0 Å². The minimum atomic E-state index is -1.39. The van der Waals surface area contributed by atoms with Crippen LogP contribution >= 0.6 is 0 Å². The van der Waals surface area contributed by atoms with Crippen LogP contribution in [0.1, 0.15) is 19.4 Å². The first kappa shape index (κ1) is 13.7. The smallest absolute Gasteiger partial charge is 0.176 e. The Morgan fingerprint density at radius 3 is 2.50 bits per heavy atom. The van der Waals surface area contributed by atoms with E-state index in [9.17, 15) is 9.00 Å². The first-order valence-corrected chi connectivity index (χ1v) is 8.00. The van der Waals surface area contributed by atoms with Crippen molar-refractivity contribution in [2.75, 3.05) is 0 Å². The van der Waals surface area contributed by atoms with Crippen LogP contribution in [0, 0.1) is 18.8 Å². The normalized spacial score (nSPS) is 37.1. The van der Waals surface area contributed by atoms with Gasteiger partial charge in [0.2, 0.25) is 0 Å². The number of hydrogen-bond acceptors (Lipinski definition) is 3. The van der Waals surface area contributed by atoms with Gasteiger partial charge in [-0.3, -0.25) is 9.00 Å². The first-order valence-electron chi connectivity index (χ1n) is 6.85. The standard InChI is InChI=1S/C16H18O3S/c1-10-4-6-13(7-5-10)20(18)16-9-8-14(19-16)11(2)15(17)12(16)3/h4-9,11-12,14H,1-3H3/t11-,12-,14+,16+,20-/m0/s1. The third kappa shape index (κ3) is 1.82. The minimum absolute atomic E-state index is 0.131. The lowest BCUT2D eigenvalue weighted by Crippen LogP contribution is -2.52. The van der Waals surface area contributed by atoms with Crippen LogP contribution in [-0.2, 0) is 20.3 Å². The highest BCUT2D eigenvalue weighted by atomic mass is 32.2. The fourth-order valence-electron chi connectivity index (χ4n) is 2.90. The molecule has 20 heavy (non-hydrogen) atoms. The molecule has 2 aliphatic heterocycles. The summed E-state index contributed by atoms with van der Waals surface area (Å²) in [7, 11) is -1.39. The zero-order valence-corrected chi connectivity index (χ0v) is 12.6. The first-order chi connectivity index (χ1) is 9.45. The quantitative estimate of drug-likeness (QED) is 0.786. The molecule has 0 aromatic heterocycles. The van der Waals surface area contributed by atoms with Crippen molar-refractivity contribution in [1.29, 1.82) is 0 Å². The zero-order chi connectivity index (χ0) is 14.5. The molecule has 0 amide bonds. The van der Waals surface area contributed by atoms with E-state index < -0.39 is 21.7 Å². The molecule has 0 radical (unpaired) electrons. The molecular weight excluding hydrogens is 272 g/mol. The molecule has 0 aliphatic carbocycles. The third-order valence-electron chi connectivity index (χ3n) is 4.34. The Morgan fingerprint density at radius 2 is 1.85 bits per heavy atom. The number of hydrogen-bond donors (Lipinski definition) is 0. The Morgan fingerprint density at radius 1 is 1.20 bits per heavy atom. The van der Waals surface area contributed by atoms with Crippen LogP contribution in [0.4, 0.5) is 0 Å². The van der Waals surface area contributed by atoms with Crippen LogP contribution in [0.15, 0.2) is 41.3 Å². The van der Waals surface area contributed by atoms with Crippen LogP contribution < -0.4 is 0 Å². The van der Waals surface area contributed by atoms with Crippen molar-refractivity contribution < 1.29 is 13.7 Å². The fraction of sp³-hybridized carbons (Fsp3) is 0.438. The van der Waals surface area contributed by atoms with Crippen molar-refractivity contribution in [2.24, 2.45) is 11.8 Å². The van der Waals surface area contributed by atoms with Crippen molar-refractivity contribution in [3.63, 3.8) is 0 Å². The van der Waals surface area contributed by atoms with E-state index in [4.69, 9.17) is 4.74 Å². The van der Waals surface area contributed by atoms with E-state index in [2.05, 4.69) is 0 Å². The van der Waals surface area contributed by atoms with Crippen molar-refractivity contribution in [3.8, 4) is 0 Å². The molecule has 5 atom stereocenters. The van der Waals surface area contributed by atoms with Gasteiger partial charge in [0.05, 0.1) is 22.8 Å². The van der Waals surface area contributed by atoms with Crippen LogP contribution in [0.2, 0.25) is 0 Å². The van der Waals surface area contributed by atoms with Gasteiger partial charge in [0.25, 0.3) is 0 Å². The second kappa shape index (κ2) is 4.64. The van der Waals surface area contributed by atoms with E-state index in [1.54, 1.807) is 0 Å². The van der Waals surface area contributed by atoms with E-state index in [0.29, 0.717) is 4.90 Å². The summed E-state index contributed by atoms with van der Waals surface area (Å²) in [5, 5.41) is 0. The molecule has 0 spiro atoms. The van der Waals surface area contributed by atoms with Crippen molar-refractivity contribution in [3.05, 3.63) is 42.0 Å². The van der Waals surface area contributed by atoms with Gasteiger partial charge in [0.1, 0.15) is 5.78 Å². The van der Waals surface area contributed by atoms with Gasteiger partial charge >= 0.3 is 0 Å². The lowest BCUT2D eigenvalue weighted by atomic mass is 9.87. The second-order valence-electron chi connectivity index (χ2n) is 5.66. The van der Waals surface area contributed by atoms with E-state index in [0.717, 1.165) is 5.56 Å². The minimum Gasteiger partial charge on any atom is -0.349 e. The molecule has 2 bridgehead atoms. The van der Waals surface area contributed by atoms with E-state index >= 15 is 0 Å². The van der Waals surface area contributed by atoms with E-state index in [-0.39, 0.29) is 17.8 Å². The van der Waals surface area contributed by atoms with Gasteiger partial charge in [0, 0.05) is 10.8 Å². The molecule has 2 heterocycles. The van der Waals surface area contributed by atoms with Crippen molar-refractivity contribution in [1.82, 2.24) is 0 Å². The van der Waals surface area contributed by atoms with E-state index in [1.807, 2.05) is 57.2 Å². The summed E-state index contributed by atoms with van der Waals surface area (Å²) >= 11 is 0. The maximum Gasteiger partial charge on any atom is 0.176 e. The second-order valence-corrected chi connectivity index (χ2v) is 7.30. The van der Waals surface area contributed by atoms with Crippen LogP contribution in [0.25, 0.3) is 0 Å². The van der Waals surface area contributed by atoms with Crippen LogP contribution in [-0.4, -0.2) is 21.0 Å². The van der Waals surface area contributed by atoms with E-state index in [1.165, 1.54) is 0 Å². The number of rotatable bonds is 2. The number of fused-ring (bicyclic) bond motifs is 2. The molecular formula is C16H18O3S. The van der Waals surface area contributed by atoms with Gasteiger partial charge < -0.3 is 4.74 Å². The topological polar surface area (TPSA) is 43.4 Å². The highest BCUT2D eigenvalue weighted by Crippen LogP contribution is 2.45. The summed E-state index contributed by atoms with van der Waals surface area (Å²) in [5.41, 5.74) is 1.12. The summed E-state index contributed by atoms with van der Waals surface area (Å²) in [6.45, 7) is 5.68. The van der Waals surface area contributed by atoms with Gasteiger partial charge in [0.15, 0.2) is 4.93 Å². The number of carbonyl (C=O) groups excluding carboxylic acids is 1. The number of carbonyl (C=O) groups is 1. The molecule has 3 rings (SSSR count). The third-order valence-corrected chi connectivity index (χ3v) is 6.20. The molecule has 1 saturated heterocycles. The number of aryl methyl sites for hydroxylation is 1. The number of benzene rings is 1. The Labute approximate surface area is 121 Å². The Bertz CT molecular complexity index is 605. The number of ketones is 1. The summed E-state index contributed by atoms with van der Waals surface area (Å²) in [4.78, 5) is 12.0. The fourth-order valence-corrected chi connectivity index (χ4v) is 4.49. The van der Waals surface area contributed by atoms with Crippen molar-refractivity contribution in [2.45, 2.75) is 36.7 Å². The SMILES string of the molecule is Cc1ccc([S@](=O)[C@@]23C=C[C@@H](O2)[C@H](C)C(=O)[C@@H]3C)cc1. The molecule has 0 N–H and O–H groups in total. The highest BCUT2D eigenvalue weighted by Gasteiger charge is 2.56. The Hall–Kier alpha value is -1.26. The van der Waals surface area contributed by atoms with Gasteiger partial charge in [-0.1, -0.05) is 37.6 Å².